The van der Waals surface area contributed by atoms with E-state index in [1.807, 2.05) is 24.3 Å². The molecular formula is C15H17ClO. The lowest BCUT2D eigenvalue weighted by atomic mass is 9.85. The van der Waals surface area contributed by atoms with Crippen molar-refractivity contribution in [3.05, 3.63) is 34.9 Å². The van der Waals surface area contributed by atoms with Crippen molar-refractivity contribution in [1.29, 1.82) is 0 Å². The molecule has 0 aliphatic heterocycles. The SMILES string of the molecule is OC(C#Cc1cccc(Cl)c1)C1CCCCC1. The van der Waals surface area contributed by atoms with E-state index in [1.165, 1.54) is 19.3 Å². The summed E-state index contributed by atoms with van der Waals surface area (Å²) in [4.78, 5) is 0. The molecule has 90 valence electrons. The van der Waals surface area contributed by atoms with Crippen LogP contribution in [0.2, 0.25) is 5.02 Å². The van der Waals surface area contributed by atoms with Crippen LogP contribution in [0.15, 0.2) is 24.3 Å². The molecule has 0 radical (unpaired) electrons. The first-order chi connectivity index (χ1) is 8.25. The second-order valence-electron chi connectivity index (χ2n) is 4.62. The van der Waals surface area contributed by atoms with Crippen LogP contribution in [0.25, 0.3) is 0 Å². The summed E-state index contributed by atoms with van der Waals surface area (Å²) < 4.78 is 0. The molecule has 0 amide bonds. The zero-order valence-electron chi connectivity index (χ0n) is 9.82. The highest BCUT2D eigenvalue weighted by atomic mass is 35.5. The molecule has 1 unspecified atom stereocenters. The van der Waals surface area contributed by atoms with Gasteiger partial charge >= 0.3 is 0 Å². The summed E-state index contributed by atoms with van der Waals surface area (Å²) in [6.45, 7) is 0. The summed E-state index contributed by atoms with van der Waals surface area (Å²) in [7, 11) is 0. The maximum Gasteiger partial charge on any atom is 0.117 e. The van der Waals surface area contributed by atoms with Crippen LogP contribution >= 0.6 is 11.6 Å². The van der Waals surface area contributed by atoms with Gasteiger partial charge in [0.1, 0.15) is 6.10 Å². The fourth-order valence-electron chi connectivity index (χ4n) is 2.29. The van der Waals surface area contributed by atoms with Crippen LogP contribution in [0.1, 0.15) is 37.7 Å². The first-order valence-corrected chi connectivity index (χ1v) is 6.59. The molecule has 0 bridgehead atoms. The molecule has 1 aliphatic carbocycles. The van der Waals surface area contributed by atoms with E-state index in [0.717, 1.165) is 18.4 Å². The van der Waals surface area contributed by atoms with Gasteiger partial charge in [0.05, 0.1) is 0 Å². The van der Waals surface area contributed by atoms with Crippen molar-refractivity contribution in [3.63, 3.8) is 0 Å². The standard InChI is InChI=1S/C15H17ClO/c16-14-8-4-5-12(11-14)9-10-15(17)13-6-2-1-3-7-13/h4-5,8,11,13,15,17H,1-3,6-7H2. The van der Waals surface area contributed by atoms with Crippen molar-refractivity contribution >= 4 is 11.6 Å². The third kappa shape index (κ3) is 3.77. The molecule has 1 nitrogen and oxygen atoms in total. The zero-order valence-corrected chi connectivity index (χ0v) is 10.6. The maximum atomic E-state index is 10.00. The minimum absolute atomic E-state index is 0.357. The summed E-state index contributed by atoms with van der Waals surface area (Å²) in [6, 6.07) is 7.43. The zero-order chi connectivity index (χ0) is 12.1. The van der Waals surface area contributed by atoms with Crippen molar-refractivity contribution in [1.82, 2.24) is 0 Å². The van der Waals surface area contributed by atoms with Crippen molar-refractivity contribution in [2.24, 2.45) is 5.92 Å². The van der Waals surface area contributed by atoms with Crippen molar-refractivity contribution in [2.75, 3.05) is 0 Å². The third-order valence-corrected chi connectivity index (χ3v) is 3.52. The van der Waals surface area contributed by atoms with E-state index in [2.05, 4.69) is 11.8 Å². The lowest BCUT2D eigenvalue weighted by molar-refractivity contribution is 0.133. The monoisotopic (exact) mass is 248 g/mol. The highest BCUT2D eigenvalue weighted by Gasteiger charge is 2.19. The lowest BCUT2D eigenvalue weighted by Crippen LogP contribution is -2.21. The van der Waals surface area contributed by atoms with Gasteiger partial charge in [0.15, 0.2) is 0 Å². The molecule has 17 heavy (non-hydrogen) atoms. The fourth-order valence-corrected chi connectivity index (χ4v) is 2.48. The van der Waals surface area contributed by atoms with E-state index >= 15 is 0 Å². The smallest absolute Gasteiger partial charge is 0.117 e. The van der Waals surface area contributed by atoms with Crippen molar-refractivity contribution < 1.29 is 5.11 Å². The molecule has 1 aromatic rings. The molecule has 2 rings (SSSR count). The molecule has 0 saturated heterocycles. The highest BCUT2D eigenvalue weighted by Crippen LogP contribution is 2.26. The van der Waals surface area contributed by atoms with E-state index in [1.54, 1.807) is 0 Å². The maximum absolute atomic E-state index is 10.00. The summed E-state index contributed by atoms with van der Waals surface area (Å²) in [5.41, 5.74) is 0.868. The summed E-state index contributed by atoms with van der Waals surface area (Å²) in [5.74, 6) is 6.30. The van der Waals surface area contributed by atoms with Gasteiger partial charge in [-0.25, -0.2) is 0 Å². The third-order valence-electron chi connectivity index (χ3n) is 3.29. The topological polar surface area (TPSA) is 20.2 Å². The quantitative estimate of drug-likeness (QED) is 0.753. The Kier molecular flexibility index (Phi) is 4.48. The molecular weight excluding hydrogens is 232 g/mol. The van der Waals surface area contributed by atoms with Crippen LogP contribution in [-0.2, 0) is 0 Å². The highest BCUT2D eigenvalue weighted by molar-refractivity contribution is 6.30. The van der Waals surface area contributed by atoms with Crippen LogP contribution < -0.4 is 0 Å². The molecule has 1 aliphatic rings. The molecule has 1 fully saturated rings. The molecule has 1 atom stereocenters. The number of rotatable bonds is 1. The summed E-state index contributed by atoms with van der Waals surface area (Å²) >= 11 is 5.88. The first kappa shape index (κ1) is 12.5. The van der Waals surface area contributed by atoms with E-state index in [4.69, 9.17) is 11.6 Å². The van der Waals surface area contributed by atoms with E-state index in [-0.39, 0.29) is 0 Å². The minimum Gasteiger partial charge on any atom is -0.380 e. The predicted molar refractivity (Wildman–Crippen MR) is 70.9 cm³/mol. The Bertz CT molecular complexity index is 424. The molecule has 0 aromatic heterocycles. The van der Waals surface area contributed by atoms with Gasteiger partial charge in [-0.15, -0.1) is 0 Å². The van der Waals surface area contributed by atoms with E-state index in [9.17, 15) is 5.11 Å². The first-order valence-electron chi connectivity index (χ1n) is 6.21. The van der Waals surface area contributed by atoms with Gasteiger partial charge in [0, 0.05) is 10.6 Å². The number of benzene rings is 1. The Labute approximate surface area is 108 Å². The predicted octanol–water partition coefficient (Wildman–Crippen LogP) is 3.63. The van der Waals surface area contributed by atoms with Crippen molar-refractivity contribution in [3.8, 4) is 11.8 Å². The largest absolute Gasteiger partial charge is 0.380 e. The Morgan fingerprint density at radius 2 is 2.00 bits per heavy atom. The van der Waals surface area contributed by atoms with Gasteiger partial charge in [0.2, 0.25) is 0 Å². The second-order valence-corrected chi connectivity index (χ2v) is 5.06. The van der Waals surface area contributed by atoms with Gasteiger partial charge in [-0.3, -0.25) is 0 Å². The Balaban J connectivity index is 2.00. The van der Waals surface area contributed by atoms with Gasteiger partial charge in [0.25, 0.3) is 0 Å². The average molecular weight is 249 g/mol. The number of halogens is 1. The van der Waals surface area contributed by atoms with Crippen LogP contribution in [0.5, 0.6) is 0 Å². The second kappa shape index (κ2) is 6.10. The number of hydrogen-bond donors (Lipinski definition) is 1. The Morgan fingerprint density at radius 1 is 1.24 bits per heavy atom. The normalized spacial score (nSPS) is 18.2. The number of hydrogen-bond acceptors (Lipinski definition) is 1. The minimum atomic E-state index is -0.491. The van der Waals surface area contributed by atoms with Gasteiger partial charge in [-0.05, 0) is 37.0 Å². The van der Waals surface area contributed by atoms with Crippen LogP contribution in [0.4, 0.5) is 0 Å². The van der Waals surface area contributed by atoms with Gasteiger partial charge in [-0.2, -0.15) is 0 Å². The number of aliphatic hydroxyl groups is 1. The van der Waals surface area contributed by atoms with E-state index in [0.29, 0.717) is 10.9 Å². The van der Waals surface area contributed by atoms with Crippen LogP contribution in [-0.4, -0.2) is 11.2 Å². The number of aliphatic hydroxyl groups excluding tert-OH is 1. The lowest BCUT2D eigenvalue weighted by Gasteiger charge is -2.23. The molecule has 1 aromatic carbocycles. The molecule has 0 spiro atoms. The Morgan fingerprint density at radius 3 is 2.71 bits per heavy atom. The van der Waals surface area contributed by atoms with Gasteiger partial charge < -0.3 is 5.11 Å². The fraction of sp³-hybridized carbons (Fsp3) is 0.467. The van der Waals surface area contributed by atoms with Gasteiger partial charge in [-0.1, -0.05) is 48.8 Å². The molecule has 1 N–H and O–H groups in total. The van der Waals surface area contributed by atoms with E-state index < -0.39 is 6.10 Å². The summed E-state index contributed by atoms with van der Waals surface area (Å²) in [5, 5.41) is 10.7. The average Bonchev–Trinajstić information content (AvgIpc) is 2.37. The molecule has 1 saturated carbocycles. The Hall–Kier alpha value is -0.970. The molecule has 0 heterocycles. The summed E-state index contributed by atoms with van der Waals surface area (Å²) in [6.07, 6.45) is 5.46. The van der Waals surface area contributed by atoms with Crippen molar-refractivity contribution in [2.45, 2.75) is 38.2 Å². The molecule has 2 heteroatoms. The van der Waals surface area contributed by atoms with Crippen LogP contribution in [0, 0.1) is 17.8 Å². The van der Waals surface area contributed by atoms with Crippen LogP contribution in [0.3, 0.4) is 0 Å².